The molecule has 2 heterocycles. The number of H-pyrrole nitrogens is 1. The Labute approximate surface area is 177 Å². The smallest absolute Gasteiger partial charge is 0.271 e. The molecule has 0 saturated heterocycles. The van der Waals surface area contributed by atoms with Crippen LogP contribution < -0.4 is 5.56 Å². The van der Waals surface area contributed by atoms with Gasteiger partial charge in [0.2, 0.25) is 0 Å². The number of aromatic amines is 1. The van der Waals surface area contributed by atoms with E-state index in [1.54, 1.807) is 16.7 Å². The summed E-state index contributed by atoms with van der Waals surface area (Å²) < 4.78 is 2.86. The molecule has 2 aromatic carbocycles. The Balaban J connectivity index is 1.74. The quantitative estimate of drug-likeness (QED) is 0.231. The largest absolute Gasteiger partial charge is 0.300 e. The standard InChI is InChI=1S/C18H11Cl2N3OS3/c19-11-3-1-10(2-4-11)9-26-17-21-15-14(16(24)22-17)27-18(25)23(15)13-7-5-12(20)6-8-13/h1-8H,9H2,(H,21,22,24). The van der Waals surface area contributed by atoms with E-state index >= 15 is 0 Å². The predicted molar refractivity (Wildman–Crippen MR) is 116 cm³/mol. The number of aromatic nitrogens is 3. The van der Waals surface area contributed by atoms with Crippen molar-refractivity contribution in [3.05, 3.63) is 78.4 Å². The van der Waals surface area contributed by atoms with Gasteiger partial charge in [-0.15, -0.1) is 0 Å². The molecule has 0 unspecified atom stereocenters. The Kier molecular flexibility index (Phi) is 5.39. The molecule has 2 aromatic heterocycles. The number of halogens is 2. The van der Waals surface area contributed by atoms with Gasteiger partial charge in [-0.2, -0.15) is 0 Å². The summed E-state index contributed by atoms with van der Waals surface area (Å²) in [4.78, 5) is 20.0. The van der Waals surface area contributed by atoms with Crippen molar-refractivity contribution in [2.24, 2.45) is 0 Å². The number of fused-ring (bicyclic) bond motifs is 1. The molecular weight excluding hydrogens is 441 g/mol. The lowest BCUT2D eigenvalue weighted by Crippen LogP contribution is -2.09. The highest BCUT2D eigenvalue weighted by Gasteiger charge is 2.14. The van der Waals surface area contributed by atoms with Crippen LogP contribution in [-0.4, -0.2) is 14.5 Å². The highest BCUT2D eigenvalue weighted by molar-refractivity contribution is 7.98. The maximum Gasteiger partial charge on any atom is 0.271 e. The molecule has 0 saturated carbocycles. The van der Waals surface area contributed by atoms with Crippen molar-refractivity contribution < 1.29 is 0 Å². The van der Waals surface area contributed by atoms with E-state index in [4.69, 9.17) is 35.4 Å². The average Bonchev–Trinajstić information content (AvgIpc) is 2.99. The molecule has 4 rings (SSSR count). The third kappa shape index (κ3) is 3.97. The predicted octanol–water partition coefficient (Wildman–Crippen LogP) is 6.10. The number of benzene rings is 2. The van der Waals surface area contributed by atoms with E-state index in [1.807, 2.05) is 36.4 Å². The van der Waals surface area contributed by atoms with Crippen LogP contribution >= 0.6 is 58.5 Å². The Bertz CT molecular complexity index is 1230. The van der Waals surface area contributed by atoms with E-state index in [2.05, 4.69) is 9.97 Å². The van der Waals surface area contributed by atoms with Crippen LogP contribution in [0.15, 0.2) is 58.5 Å². The molecule has 0 aliphatic carbocycles. The molecule has 27 heavy (non-hydrogen) atoms. The van der Waals surface area contributed by atoms with Crippen LogP contribution in [0, 0.1) is 3.95 Å². The van der Waals surface area contributed by atoms with Gasteiger partial charge in [0.05, 0.1) is 0 Å². The summed E-state index contributed by atoms with van der Waals surface area (Å²) in [5.74, 6) is 0.664. The minimum Gasteiger partial charge on any atom is -0.300 e. The van der Waals surface area contributed by atoms with Crippen molar-refractivity contribution in [2.45, 2.75) is 10.9 Å². The lowest BCUT2D eigenvalue weighted by atomic mass is 10.2. The summed E-state index contributed by atoms with van der Waals surface area (Å²) >= 11 is 20.0. The second kappa shape index (κ2) is 7.77. The monoisotopic (exact) mass is 451 g/mol. The molecule has 0 amide bonds. The molecule has 4 nitrogen and oxygen atoms in total. The van der Waals surface area contributed by atoms with Crippen molar-refractivity contribution in [1.82, 2.24) is 14.5 Å². The van der Waals surface area contributed by atoms with Gasteiger partial charge < -0.3 is 4.98 Å². The van der Waals surface area contributed by atoms with Gasteiger partial charge in [-0.05, 0) is 54.2 Å². The maximum absolute atomic E-state index is 12.5. The van der Waals surface area contributed by atoms with Crippen LogP contribution in [-0.2, 0) is 5.75 Å². The molecule has 9 heteroatoms. The van der Waals surface area contributed by atoms with Crippen molar-refractivity contribution in [3.63, 3.8) is 0 Å². The molecule has 136 valence electrons. The van der Waals surface area contributed by atoms with Gasteiger partial charge in [0.15, 0.2) is 14.8 Å². The van der Waals surface area contributed by atoms with Crippen LogP contribution in [0.4, 0.5) is 0 Å². The molecule has 1 N–H and O–H groups in total. The van der Waals surface area contributed by atoms with Crippen molar-refractivity contribution in [1.29, 1.82) is 0 Å². The van der Waals surface area contributed by atoms with Crippen LogP contribution in [0.25, 0.3) is 16.0 Å². The first-order valence-corrected chi connectivity index (χ1v) is 10.8. The molecule has 0 atom stereocenters. The van der Waals surface area contributed by atoms with E-state index < -0.39 is 0 Å². The number of hydrogen-bond donors (Lipinski definition) is 1. The van der Waals surface area contributed by atoms with Gasteiger partial charge in [-0.3, -0.25) is 9.36 Å². The first-order chi connectivity index (χ1) is 13.0. The first-order valence-electron chi connectivity index (χ1n) is 7.80. The van der Waals surface area contributed by atoms with E-state index in [0.717, 1.165) is 11.3 Å². The highest BCUT2D eigenvalue weighted by atomic mass is 35.5. The topological polar surface area (TPSA) is 50.7 Å². The lowest BCUT2D eigenvalue weighted by Gasteiger charge is -2.06. The summed E-state index contributed by atoms with van der Waals surface area (Å²) in [6.07, 6.45) is 0. The fourth-order valence-electron chi connectivity index (χ4n) is 2.51. The summed E-state index contributed by atoms with van der Waals surface area (Å²) in [6, 6.07) is 14.9. The van der Waals surface area contributed by atoms with Gasteiger partial charge in [0.25, 0.3) is 5.56 Å². The third-order valence-electron chi connectivity index (χ3n) is 3.79. The molecule has 0 aliphatic rings. The van der Waals surface area contributed by atoms with Crippen molar-refractivity contribution in [2.75, 3.05) is 0 Å². The zero-order chi connectivity index (χ0) is 19.0. The molecule has 0 fully saturated rings. The highest BCUT2D eigenvalue weighted by Crippen LogP contribution is 2.26. The van der Waals surface area contributed by atoms with Gasteiger partial charge in [0.1, 0.15) is 4.70 Å². The van der Waals surface area contributed by atoms with Crippen molar-refractivity contribution in [3.8, 4) is 5.69 Å². The number of nitrogens with one attached hydrogen (secondary N) is 1. The second-order valence-corrected chi connectivity index (χ2v) is 9.10. The fourth-order valence-corrected chi connectivity index (χ4v) is 4.85. The summed E-state index contributed by atoms with van der Waals surface area (Å²) in [5, 5.41) is 1.87. The van der Waals surface area contributed by atoms with E-state index in [9.17, 15) is 4.79 Å². The molecule has 4 aromatic rings. The normalized spacial score (nSPS) is 11.2. The molecule has 0 radical (unpaired) electrons. The molecule has 0 aliphatic heterocycles. The molecule has 0 bridgehead atoms. The molecule has 0 spiro atoms. The Morgan fingerprint density at radius 3 is 2.37 bits per heavy atom. The van der Waals surface area contributed by atoms with E-state index in [1.165, 1.54) is 23.1 Å². The second-order valence-electron chi connectivity index (χ2n) is 5.62. The SMILES string of the molecule is O=c1[nH]c(SCc2ccc(Cl)cc2)nc2c1sc(=S)n2-c1ccc(Cl)cc1. The molecular formula is C18H11Cl2N3OS3. The first kappa shape index (κ1) is 18.7. The number of rotatable bonds is 4. The number of nitrogens with zero attached hydrogens (tertiary/aromatic N) is 2. The summed E-state index contributed by atoms with van der Waals surface area (Å²) in [5.41, 5.74) is 2.27. The van der Waals surface area contributed by atoms with Crippen LogP contribution in [0.2, 0.25) is 10.0 Å². The zero-order valence-electron chi connectivity index (χ0n) is 13.6. The number of hydrogen-bond acceptors (Lipinski definition) is 5. The average molecular weight is 452 g/mol. The van der Waals surface area contributed by atoms with E-state index in [0.29, 0.717) is 35.3 Å². The van der Waals surface area contributed by atoms with Gasteiger partial charge in [-0.25, -0.2) is 4.98 Å². The number of thioether (sulfide) groups is 1. The van der Waals surface area contributed by atoms with Gasteiger partial charge >= 0.3 is 0 Å². The van der Waals surface area contributed by atoms with Gasteiger partial charge in [0, 0.05) is 21.5 Å². The minimum atomic E-state index is -0.192. The summed E-state index contributed by atoms with van der Waals surface area (Å²) in [7, 11) is 0. The van der Waals surface area contributed by atoms with Crippen molar-refractivity contribution >= 4 is 68.9 Å². The van der Waals surface area contributed by atoms with Gasteiger partial charge in [-0.1, -0.05) is 58.4 Å². The Morgan fingerprint density at radius 1 is 1.07 bits per heavy atom. The lowest BCUT2D eigenvalue weighted by molar-refractivity contribution is 0.943. The van der Waals surface area contributed by atoms with Crippen LogP contribution in [0.5, 0.6) is 0 Å². The Hall–Kier alpha value is -1.64. The number of thiazole rings is 1. The Morgan fingerprint density at radius 2 is 1.70 bits per heavy atom. The third-order valence-corrected chi connectivity index (χ3v) is 6.60. The minimum absolute atomic E-state index is 0.192. The van der Waals surface area contributed by atoms with Crippen LogP contribution in [0.1, 0.15) is 5.56 Å². The fraction of sp³-hybridized carbons (Fsp3) is 0.0556. The maximum atomic E-state index is 12.5. The zero-order valence-corrected chi connectivity index (χ0v) is 17.6. The van der Waals surface area contributed by atoms with E-state index in [-0.39, 0.29) is 5.56 Å². The van der Waals surface area contributed by atoms with Crippen LogP contribution in [0.3, 0.4) is 0 Å². The summed E-state index contributed by atoms with van der Waals surface area (Å²) in [6.45, 7) is 0.